The maximum atomic E-state index is 13.0. The lowest BCUT2D eigenvalue weighted by Crippen LogP contribution is -2.15. The summed E-state index contributed by atoms with van der Waals surface area (Å²) in [6, 6.07) is 15.0. The van der Waals surface area contributed by atoms with Gasteiger partial charge in [0.2, 0.25) is 5.78 Å². The number of pyridine rings is 1. The lowest BCUT2D eigenvalue weighted by atomic mass is 10.1. The molecule has 0 aliphatic rings. The van der Waals surface area contributed by atoms with Crippen LogP contribution in [-0.2, 0) is 11.3 Å². The first-order chi connectivity index (χ1) is 15.0. The second-order valence-electron chi connectivity index (χ2n) is 7.49. The van der Waals surface area contributed by atoms with Crippen molar-refractivity contribution in [1.82, 2.24) is 9.55 Å². The Kier molecular flexibility index (Phi) is 6.00. The third-order valence-electron chi connectivity index (χ3n) is 5.37. The predicted molar refractivity (Wildman–Crippen MR) is 124 cm³/mol. The summed E-state index contributed by atoms with van der Waals surface area (Å²) in [5.74, 6) is -0.715. The van der Waals surface area contributed by atoms with Crippen molar-refractivity contribution in [2.24, 2.45) is 0 Å². The fourth-order valence-corrected chi connectivity index (χ4v) is 4.52. The highest BCUT2D eigenvalue weighted by Gasteiger charge is 2.20. The lowest BCUT2D eigenvalue weighted by Gasteiger charge is -2.10. The maximum Gasteiger partial charge on any atom is 0.339 e. The fraction of sp³-hybridized carbons (Fsp3) is 0.240. The molecular weight excluding hydrogens is 408 g/mol. The summed E-state index contributed by atoms with van der Waals surface area (Å²) in [5.41, 5.74) is 4.41. The molecule has 3 heterocycles. The topological polar surface area (TPSA) is 61.2 Å². The van der Waals surface area contributed by atoms with Gasteiger partial charge in [0.05, 0.1) is 21.7 Å². The number of esters is 1. The molecule has 0 bridgehead atoms. The number of carbonyl (C=O) groups is 2. The van der Waals surface area contributed by atoms with Gasteiger partial charge in [0.1, 0.15) is 0 Å². The van der Waals surface area contributed by atoms with Crippen LogP contribution < -0.4 is 0 Å². The first-order valence-electron chi connectivity index (χ1n) is 10.3. The van der Waals surface area contributed by atoms with Gasteiger partial charge < -0.3 is 9.30 Å². The van der Waals surface area contributed by atoms with E-state index in [2.05, 4.69) is 16.5 Å². The van der Waals surface area contributed by atoms with E-state index in [-0.39, 0.29) is 12.4 Å². The largest absolute Gasteiger partial charge is 0.454 e. The van der Waals surface area contributed by atoms with Gasteiger partial charge in [-0.3, -0.25) is 4.79 Å². The summed E-state index contributed by atoms with van der Waals surface area (Å²) < 4.78 is 7.59. The molecule has 0 aliphatic carbocycles. The molecule has 4 aromatic rings. The van der Waals surface area contributed by atoms with Crippen LogP contribution in [0.15, 0.2) is 53.9 Å². The molecule has 0 saturated heterocycles. The number of hydrogen-bond acceptors (Lipinski definition) is 5. The summed E-state index contributed by atoms with van der Waals surface area (Å²) in [4.78, 5) is 31.4. The van der Waals surface area contributed by atoms with E-state index in [1.165, 1.54) is 0 Å². The number of ether oxygens (including phenoxy) is 1. The normalized spacial score (nSPS) is 11.1. The molecule has 0 radical (unpaired) electrons. The zero-order chi connectivity index (χ0) is 22.0. The number of para-hydroxylation sites is 1. The van der Waals surface area contributed by atoms with Gasteiger partial charge in [-0.1, -0.05) is 31.2 Å². The molecule has 0 amide bonds. The summed E-state index contributed by atoms with van der Waals surface area (Å²) in [7, 11) is 0. The van der Waals surface area contributed by atoms with Crippen LogP contribution in [0.4, 0.5) is 0 Å². The van der Waals surface area contributed by atoms with Crippen molar-refractivity contribution in [3.8, 4) is 10.6 Å². The summed E-state index contributed by atoms with van der Waals surface area (Å²) in [6.07, 6.45) is 0.987. The Morgan fingerprint density at radius 1 is 1.06 bits per heavy atom. The second kappa shape index (κ2) is 8.86. The molecule has 4 rings (SSSR count). The Bertz CT molecular complexity index is 1260. The molecule has 0 unspecified atom stereocenters. The molecule has 1 aromatic carbocycles. The Hall–Kier alpha value is -3.25. The zero-order valence-corrected chi connectivity index (χ0v) is 18.7. The number of fused-ring (bicyclic) bond motifs is 1. The zero-order valence-electron chi connectivity index (χ0n) is 17.8. The molecule has 0 N–H and O–H groups in total. The maximum absolute atomic E-state index is 13.0. The number of thiophene rings is 1. The first-order valence-corrected chi connectivity index (χ1v) is 11.2. The number of carbonyl (C=O) groups excluding carboxylic acids is 2. The van der Waals surface area contributed by atoms with Crippen molar-refractivity contribution < 1.29 is 14.3 Å². The number of aryl methyl sites for hydroxylation is 1. The summed E-state index contributed by atoms with van der Waals surface area (Å²) in [5, 5.41) is 2.68. The van der Waals surface area contributed by atoms with Gasteiger partial charge in [0.15, 0.2) is 6.61 Å². The number of ketones is 1. The van der Waals surface area contributed by atoms with E-state index in [1.807, 2.05) is 61.7 Å². The van der Waals surface area contributed by atoms with Crippen molar-refractivity contribution in [3.63, 3.8) is 0 Å². The van der Waals surface area contributed by atoms with Gasteiger partial charge in [0.25, 0.3) is 0 Å². The molecule has 0 atom stereocenters. The standard InChI is InChI=1S/C25H24N2O3S/c1-4-11-27-16(2)13-19(17(27)3)23(28)15-30-25(29)20-14-22(24-10-7-12-31-24)26-21-9-6-5-8-18(20)21/h5-10,12-14H,4,11,15H2,1-3H3. The molecule has 31 heavy (non-hydrogen) atoms. The molecule has 158 valence electrons. The lowest BCUT2D eigenvalue weighted by molar-refractivity contribution is 0.0476. The molecule has 0 fully saturated rings. The van der Waals surface area contributed by atoms with E-state index >= 15 is 0 Å². The molecule has 0 saturated carbocycles. The Labute approximate surface area is 185 Å². The third kappa shape index (κ3) is 4.16. The van der Waals surface area contributed by atoms with Crippen LogP contribution in [0, 0.1) is 13.8 Å². The molecule has 6 heteroatoms. The highest BCUT2D eigenvalue weighted by Crippen LogP contribution is 2.28. The summed E-state index contributed by atoms with van der Waals surface area (Å²) >= 11 is 1.56. The molecule has 0 spiro atoms. The number of benzene rings is 1. The quantitative estimate of drug-likeness (QED) is 0.272. The minimum absolute atomic E-state index is 0.194. The van der Waals surface area contributed by atoms with Gasteiger partial charge in [-0.05, 0) is 49.9 Å². The van der Waals surface area contributed by atoms with Crippen LogP contribution in [-0.4, -0.2) is 27.9 Å². The Balaban J connectivity index is 1.59. The van der Waals surface area contributed by atoms with Crippen LogP contribution in [0.3, 0.4) is 0 Å². The Morgan fingerprint density at radius 2 is 1.87 bits per heavy atom. The van der Waals surface area contributed by atoms with Crippen LogP contribution in [0.1, 0.15) is 45.4 Å². The number of rotatable bonds is 7. The number of hydrogen-bond donors (Lipinski definition) is 0. The van der Waals surface area contributed by atoms with Crippen LogP contribution in [0.5, 0.6) is 0 Å². The second-order valence-corrected chi connectivity index (χ2v) is 8.43. The van der Waals surface area contributed by atoms with Crippen LogP contribution >= 0.6 is 11.3 Å². The van der Waals surface area contributed by atoms with Crippen LogP contribution in [0.2, 0.25) is 0 Å². The van der Waals surface area contributed by atoms with Crippen molar-refractivity contribution >= 4 is 34.0 Å². The van der Waals surface area contributed by atoms with Gasteiger partial charge >= 0.3 is 5.97 Å². The summed E-state index contributed by atoms with van der Waals surface area (Å²) in [6.45, 7) is 6.59. The van der Waals surface area contributed by atoms with Gasteiger partial charge in [-0.15, -0.1) is 11.3 Å². The monoisotopic (exact) mass is 432 g/mol. The van der Waals surface area contributed by atoms with E-state index < -0.39 is 5.97 Å². The minimum Gasteiger partial charge on any atom is -0.454 e. The number of aromatic nitrogens is 2. The third-order valence-corrected chi connectivity index (χ3v) is 6.26. The van der Waals surface area contributed by atoms with Gasteiger partial charge in [-0.25, -0.2) is 9.78 Å². The molecule has 0 aliphatic heterocycles. The van der Waals surface area contributed by atoms with E-state index in [4.69, 9.17) is 4.74 Å². The van der Waals surface area contributed by atoms with Crippen LogP contribution in [0.25, 0.3) is 21.5 Å². The van der Waals surface area contributed by atoms with Crippen molar-refractivity contribution in [2.75, 3.05) is 6.61 Å². The van der Waals surface area contributed by atoms with Gasteiger partial charge in [0, 0.05) is 28.9 Å². The smallest absolute Gasteiger partial charge is 0.339 e. The minimum atomic E-state index is -0.521. The first kappa shape index (κ1) is 21.0. The average molecular weight is 433 g/mol. The highest BCUT2D eigenvalue weighted by molar-refractivity contribution is 7.13. The van der Waals surface area contributed by atoms with Crippen molar-refractivity contribution in [1.29, 1.82) is 0 Å². The van der Waals surface area contributed by atoms with E-state index in [0.29, 0.717) is 16.5 Å². The van der Waals surface area contributed by atoms with E-state index in [1.54, 1.807) is 17.4 Å². The highest BCUT2D eigenvalue weighted by atomic mass is 32.1. The molecule has 3 aromatic heterocycles. The molecule has 5 nitrogen and oxygen atoms in total. The van der Waals surface area contributed by atoms with Crippen molar-refractivity contribution in [2.45, 2.75) is 33.7 Å². The number of Topliss-reactive ketones (excluding diaryl/α,β-unsaturated/α-hetero) is 1. The molecular formula is C25H24N2O3S. The Morgan fingerprint density at radius 3 is 2.61 bits per heavy atom. The fourth-order valence-electron chi connectivity index (χ4n) is 3.83. The van der Waals surface area contributed by atoms with E-state index in [0.717, 1.165) is 40.4 Å². The number of nitrogens with zero attached hydrogens (tertiary/aromatic N) is 2. The predicted octanol–water partition coefficient (Wildman–Crippen LogP) is 5.83. The SMILES string of the molecule is CCCn1c(C)cc(C(=O)COC(=O)c2cc(-c3cccs3)nc3ccccc23)c1C. The van der Waals surface area contributed by atoms with E-state index in [9.17, 15) is 9.59 Å². The van der Waals surface area contributed by atoms with Gasteiger partial charge in [-0.2, -0.15) is 0 Å². The van der Waals surface area contributed by atoms with Crippen molar-refractivity contribution in [3.05, 3.63) is 76.4 Å². The average Bonchev–Trinajstić information content (AvgIpc) is 3.41.